The van der Waals surface area contributed by atoms with Gasteiger partial charge in [0.05, 0.1) is 5.75 Å². The number of piperidine rings is 1. The number of hydrogen-bond acceptors (Lipinski definition) is 2. The van der Waals surface area contributed by atoms with Crippen molar-refractivity contribution in [2.45, 2.75) is 37.9 Å². The van der Waals surface area contributed by atoms with E-state index in [1.165, 1.54) is 0 Å². The number of halogens is 1. The highest BCUT2D eigenvalue weighted by molar-refractivity contribution is 9.09. The van der Waals surface area contributed by atoms with Crippen LogP contribution in [0.3, 0.4) is 0 Å². The quantitative estimate of drug-likeness (QED) is 0.746. The Hall–Kier alpha value is 0.390. The first-order chi connectivity index (χ1) is 6.97. The summed E-state index contributed by atoms with van der Waals surface area (Å²) < 4.78 is 25.2. The summed E-state index contributed by atoms with van der Waals surface area (Å²) in [6, 6.07) is 0. The Kier molecular flexibility index (Phi) is 5.06. The van der Waals surface area contributed by atoms with Crippen LogP contribution >= 0.6 is 15.9 Å². The lowest BCUT2D eigenvalue weighted by Crippen LogP contribution is -2.40. The van der Waals surface area contributed by atoms with Crippen molar-refractivity contribution in [1.29, 1.82) is 0 Å². The topological polar surface area (TPSA) is 37.4 Å². The molecule has 3 nitrogen and oxygen atoms in total. The number of nitrogens with zero attached hydrogens (tertiary/aromatic N) is 1. The molecule has 0 amide bonds. The van der Waals surface area contributed by atoms with Crippen LogP contribution in [0.25, 0.3) is 0 Å². The molecular formula is C10H20BrNO2S. The Bertz CT molecular complexity index is 282. The van der Waals surface area contributed by atoms with Crippen molar-refractivity contribution in [3.05, 3.63) is 0 Å². The summed E-state index contributed by atoms with van der Waals surface area (Å²) in [6.45, 7) is 5.44. The van der Waals surface area contributed by atoms with Crippen molar-refractivity contribution in [2.75, 3.05) is 18.8 Å². The zero-order chi connectivity index (χ0) is 11.5. The van der Waals surface area contributed by atoms with E-state index in [0.717, 1.165) is 12.8 Å². The van der Waals surface area contributed by atoms with Crippen LogP contribution in [0.15, 0.2) is 0 Å². The Balaban J connectivity index is 2.50. The average Bonchev–Trinajstić information content (AvgIpc) is 2.18. The van der Waals surface area contributed by atoms with Crippen molar-refractivity contribution in [1.82, 2.24) is 4.31 Å². The molecule has 5 heteroatoms. The molecule has 0 aliphatic carbocycles. The van der Waals surface area contributed by atoms with Gasteiger partial charge in [0.1, 0.15) is 0 Å². The molecule has 1 heterocycles. The summed E-state index contributed by atoms with van der Waals surface area (Å²) in [6.07, 6.45) is 2.67. The van der Waals surface area contributed by atoms with Gasteiger partial charge in [0.15, 0.2) is 0 Å². The highest BCUT2D eigenvalue weighted by Gasteiger charge is 2.28. The molecule has 0 spiro atoms. The van der Waals surface area contributed by atoms with Crippen LogP contribution in [0.1, 0.15) is 33.1 Å². The number of sulfonamides is 1. The van der Waals surface area contributed by atoms with E-state index in [-0.39, 0.29) is 0 Å². The van der Waals surface area contributed by atoms with Crippen LogP contribution in [0.2, 0.25) is 0 Å². The standard InChI is InChI=1S/C10H20BrNO2S/c1-3-8-15(13,14)12-6-4-10(5-7-12)9(2)11/h9-10H,3-8H2,1-2H3. The molecule has 1 rings (SSSR count). The van der Waals surface area contributed by atoms with Crippen LogP contribution in [0.4, 0.5) is 0 Å². The molecular weight excluding hydrogens is 278 g/mol. The second-order valence-electron chi connectivity index (χ2n) is 4.23. The Labute approximate surface area is 101 Å². The molecule has 1 atom stereocenters. The van der Waals surface area contributed by atoms with E-state index in [9.17, 15) is 8.42 Å². The van der Waals surface area contributed by atoms with E-state index in [1.54, 1.807) is 4.31 Å². The number of rotatable bonds is 4. The van der Waals surface area contributed by atoms with Crippen molar-refractivity contribution >= 4 is 26.0 Å². The molecule has 1 saturated heterocycles. The first-order valence-corrected chi connectivity index (χ1v) is 8.11. The third-order valence-electron chi connectivity index (χ3n) is 3.00. The molecule has 0 aromatic heterocycles. The van der Waals surface area contributed by atoms with Gasteiger partial charge < -0.3 is 0 Å². The lowest BCUT2D eigenvalue weighted by Gasteiger charge is -2.32. The van der Waals surface area contributed by atoms with Gasteiger partial charge in [-0.25, -0.2) is 12.7 Å². The molecule has 1 aliphatic rings. The first kappa shape index (κ1) is 13.5. The van der Waals surface area contributed by atoms with Crippen LogP contribution in [0, 0.1) is 5.92 Å². The summed E-state index contributed by atoms with van der Waals surface area (Å²) in [5, 5.41) is 0. The molecule has 15 heavy (non-hydrogen) atoms. The van der Waals surface area contributed by atoms with E-state index in [2.05, 4.69) is 22.9 Å². The minimum Gasteiger partial charge on any atom is -0.212 e. The normalized spacial score (nSPS) is 22.9. The summed E-state index contributed by atoms with van der Waals surface area (Å²) >= 11 is 3.57. The molecule has 1 fully saturated rings. The van der Waals surface area contributed by atoms with E-state index < -0.39 is 10.0 Å². The van der Waals surface area contributed by atoms with E-state index in [1.807, 2.05) is 6.92 Å². The molecule has 1 aliphatic heterocycles. The molecule has 0 aromatic carbocycles. The summed E-state index contributed by atoms with van der Waals surface area (Å²) in [5.41, 5.74) is 0. The second kappa shape index (κ2) is 5.64. The average molecular weight is 298 g/mol. The molecule has 0 saturated carbocycles. The van der Waals surface area contributed by atoms with Crippen LogP contribution < -0.4 is 0 Å². The Morgan fingerprint density at radius 1 is 1.40 bits per heavy atom. The molecule has 1 unspecified atom stereocenters. The third-order valence-corrected chi connectivity index (χ3v) is 5.83. The summed E-state index contributed by atoms with van der Waals surface area (Å²) in [5.74, 6) is 0.916. The van der Waals surface area contributed by atoms with Gasteiger partial charge in [0.25, 0.3) is 0 Å². The molecule has 0 bridgehead atoms. The van der Waals surface area contributed by atoms with Gasteiger partial charge in [-0.15, -0.1) is 0 Å². The maximum atomic E-state index is 11.8. The smallest absolute Gasteiger partial charge is 0.212 e. The van der Waals surface area contributed by atoms with Crippen molar-refractivity contribution in [3.63, 3.8) is 0 Å². The zero-order valence-electron chi connectivity index (χ0n) is 9.45. The van der Waals surface area contributed by atoms with Gasteiger partial charge in [-0.2, -0.15) is 0 Å². The number of alkyl halides is 1. The zero-order valence-corrected chi connectivity index (χ0v) is 11.8. The van der Waals surface area contributed by atoms with Crippen LogP contribution in [-0.2, 0) is 10.0 Å². The van der Waals surface area contributed by atoms with Gasteiger partial charge in [0.2, 0.25) is 10.0 Å². The predicted octanol–water partition coefficient (Wildman–Crippen LogP) is 2.22. The number of hydrogen-bond donors (Lipinski definition) is 0. The third kappa shape index (κ3) is 3.71. The lowest BCUT2D eigenvalue weighted by molar-refractivity contribution is 0.274. The van der Waals surface area contributed by atoms with Crippen molar-refractivity contribution < 1.29 is 8.42 Å². The van der Waals surface area contributed by atoms with Crippen LogP contribution in [0.5, 0.6) is 0 Å². The van der Waals surface area contributed by atoms with Crippen molar-refractivity contribution in [2.24, 2.45) is 5.92 Å². The van der Waals surface area contributed by atoms with Gasteiger partial charge in [-0.05, 0) is 25.2 Å². The largest absolute Gasteiger partial charge is 0.214 e. The monoisotopic (exact) mass is 297 g/mol. The van der Waals surface area contributed by atoms with Gasteiger partial charge in [0, 0.05) is 17.9 Å². The Morgan fingerprint density at radius 3 is 2.33 bits per heavy atom. The first-order valence-electron chi connectivity index (χ1n) is 5.59. The predicted molar refractivity (Wildman–Crippen MR) is 66.8 cm³/mol. The summed E-state index contributed by atoms with van der Waals surface area (Å²) in [4.78, 5) is 0.494. The summed E-state index contributed by atoms with van der Waals surface area (Å²) in [7, 11) is -2.96. The maximum Gasteiger partial charge on any atom is 0.214 e. The fraction of sp³-hybridized carbons (Fsp3) is 1.00. The lowest BCUT2D eigenvalue weighted by atomic mass is 9.96. The molecule has 0 N–H and O–H groups in total. The maximum absolute atomic E-state index is 11.8. The highest BCUT2D eigenvalue weighted by atomic mass is 79.9. The van der Waals surface area contributed by atoms with E-state index >= 15 is 0 Å². The molecule has 0 radical (unpaired) electrons. The van der Waals surface area contributed by atoms with Gasteiger partial charge >= 0.3 is 0 Å². The fourth-order valence-corrected chi connectivity index (χ4v) is 4.07. The SMILES string of the molecule is CCCS(=O)(=O)N1CCC(C(C)Br)CC1. The molecule has 90 valence electrons. The van der Waals surface area contributed by atoms with E-state index in [0.29, 0.717) is 36.0 Å². The minimum absolute atomic E-state index is 0.293. The highest BCUT2D eigenvalue weighted by Crippen LogP contribution is 2.26. The van der Waals surface area contributed by atoms with Crippen LogP contribution in [-0.4, -0.2) is 36.4 Å². The second-order valence-corrected chi connectivity index (χ2v) is 7.76. The fourth-order valence-electron chi connectivity index (χ4n) is 2.00. The Morgan fingerprint density at radius 2 is 1.93 bits per heavy atom. The van der Waals surface area contributed by atoms with Gasteiger partial charge in [-0.3, -0.25) is 0 Å². The minimum atomic E-state index is -2.96. The van der Waals surface area contributed by atoms with Crippen molar-refractivity contribution in [3.8, 4) is 0 Å². The van der Waals surface area contributed by atoms with Gasteiger partial charge in [-0.1, -0.05) is 29.8 Å². The van der Waals surface area contributed by atoms with E-state index in [4.69, 9.17) is 0 Å². The molecule has 0 aromatic rings.